The maximum Gasteiger partial charge on any atom is 0.244 e. The lowest BCUT2D eigenvalue weighted by Gasteiger charge is -2.37. The van der Waals surface area contributed by atoms with E-state index in [0.29, 0.717) is 0 Å². The summed E-state index contributed by atoms with van der Waals surface area (Å²) in [6.07, 6.45) is 4.94. The maximum atomic E-state index is 12.8. The van der Waals surface area contributed by atoms with Crippen molar-refractivity contribution < 1.29 is 4.79 Å². The second-order valence-corrected chi connectivity index (χ2v) is 6.96. The van der Waals surface area contributed by atoms with Crippen molar-refractivity contribution >= 4 is 11.6 Å². The van der Waals surface area contributed by atoms with E-state index in [4.69, 9.17) is 0 Å². The summed E-state index contributed by atoms with van der Waals surface area (Å²) in [5, 5.41) is 4.24. The van der Waals surface area contributed by atoms with Crippen LogP contribution in [-0.2, 0) is 18.4 Å². The van der Waals surface area contributed by atoms with Gasteiger partial charge in [0.1, 0.15) is 0 Å². The number of rotatable bonds is 4. The predicted molar refractivity (Wildman–Crippen MR) is 97.3 cm³/mol. The Morgan fingerprint density at radius 3 is 2.52 bits per heavy atom. The van der Waals surface area contributed by atoms with Crippen molar-refractivity contribution in [2.75, 3.05) is 37.6 Å². The van der Waals surface area contributed by atoms with Gasteiger partial charge in [-0.1, -0.05) is 18.2 Å². The van der Waals surface area contributed by atoms with Crippen LogP contribution >= 0.6 is 0 Å². The minimum atomic E-state index is 0.0424. The van der Waals surface area contributed by atoms with Gasteiger partial charge in [0.05, 0.1) is 12.2 Å². The lowest BCUT2D eigenvalue weighted by molar-refractivity contribution is -0.122. The number of carbonyl (C=O) groups excluding carboxylic acids is 1. The van der Waals surface area contributed by atoms with Crippen LogP contribution in [0.2, 0.25) is 0 Å². The molecule has 6 nitrogen and oxygen atoms in total. The number of hydrogen-bond donors (Lipinski definition) is 0. The Labute approximate surface area is 148 Å². The van der Waals surface area contributed by atoms with Crippen LogP contribution in [0.15, 0.2) is 42.7 Å². The first-order valence-electron chi connectivity index (χ1n) is 9.01. The fourth-order valence-corrected chi connectivity index (χ4v) is 3.91. The smallest absolute Gasteiger partial charge is 0.244 e. The van der Waals surface area contributed by atoms with Crippen molar-refractivity contribution in [1.29, 1.82) is 0 Å². The number of benzene rings is 1. The van der Waals surface area contributed by atoms with Gasteiger partial charge in [-0.25, -0.2) is 0 Å². The third-order valence-corrected chi connectivity index (χ3v) is 5.26. The van der Waals surface area contributed by atoms with E-state index in [1.54, 1.807) is 0 Å². The van der Waals surface area contributed by atoms with E-state index in [1.165, 1.54) is 5.56 Å². The average Bonchev–Trinajstić information content (AvgIpc) is 3.22. The molecule has 2 fully saturated rings. The summed E-state index contributed by atoms with van der Waals surface area (Å²) in [7, 11) is 1.95. The summed E-state index contributed by atoms with van der Waals surface area (Å²) in [6.45, 7) is 5.69. The Morgan fingerprint density at radius 1 is 1.08 bits per heavy atom. The maximum absolute atomic E-state index is 12.8. The van der Waals surface area contributed by atoms with E-state index in [1.807, 2.05) is 53.2 Å². The quantitative estimate of drug-likeness (QED) is 0.843. The molecule has 25 heavy (non-hydrogen) atoms. The summed E-state index contributed by atoms with van der Waals surface area (Å²) in [4.78, 5) is 19.6. The number of hydrogen-bond acceptors (Lipinski definition) is 4. The number of nitrogens with zero attached hydrogens (tertiary/aromatic N) is 5. The van der Waals surface area contributed by atoms with E-state index in [0.717, 1.165) is 51.4 Å². The molecule has 0 N–H and O–H groups in total. The molecule has 2 aromatic rings. The van der Waals surface area contributed by atoms with Gasteiger partial charge in [-0.15, -0.1) is 0 Å². The Kier molecular flexibility index (Phi) is 4.55. The topological polar surface area (TPSA) is 44.6 Å². The van der Waals surface area contributed by atoms with Gasteiger partial charge in [0.25, 0.3) is 0 Å². The number of aromatic nitrogens is 2. The number of anilines is 1. The van der Waals surface area contributed by atoms with Crippen LogP contribution in [0.5, 0.6) is 0 Å². The van der Waals surface area contributed by atoms with Crippen LogP contribution < -0.4 is 4.90 Å². The average molecular weight is 339 g/mol. The molecule has 1 aromatic heterocycles. The van der Waals surface area contributed by atoms with Crippen LogP contribution in [0.4, 0.5) is 5.69 Å². The molecule has 2 aliphatic rings. The first-order valence-corrected chi connectivity index (χ1v) is 9.01. The Balaban J connectivity index is 1.33. The third kappa shape index (κ3) is 3.45. The molecule has 132 valence electrons. The summed E-state index contributed by atoms with van der Waals surface area (Å²) < 4.78 is 1.85. The second kappa shape index (κ2) is 6.98. The number of aryl methyl sites for hydroxylation is 1. The molecule has 0 saturated carbocycles. The Morgan fingerprint density at radius 2 is 1.84 bits per heavy atom. The summed E-state index contributed by atoms with van der Waals surface area (Å²) in [6, 6.07) is 10.1. The molecule has 0 bridgehead atoms. The largest absolute Gasteiger partial charge is 0.311 e. The zero-order valence-electron chi connectivity index (χ0n) is 14.7. The first kappa shape index (κ1) is 16.3. The van der Waals surface area contributed by atoms with E-state index in [-0.39, 0.29) is 11.9 Å². The minimum absolute atomic E-state index is 0.0424. The van der Waals surface area contributed by atoms with E-state index in [9.17, 15) is 4.79 Å². The molecule has 4 rings (SSSR count). The lowest BCUT2D eigenvalue weighted by atomic mass is 10.1. The normalized spacial score (nSPS) is 22.7. The molecule has 1 aromatic carbocycles. The molecular formula is C19H25N5O. The van der Waals surface area contributed by atoms with Crippen molar-refractivity contribution in [3.63, 3.8) is 0 Å². The molecule has 0 aliphatic carbocycles. The van der Waals surface area contributed by atoms with Crippen LogP contribution in [-0.4, -0.2) is 64.3 Å². The van der Waals surface area contributed by atoms with Gasteiger partial charge in [0.2, 0.25) is 5.91 Å². The molecule has 2 aliphatic heterocycles. The molecule has 3 heterocycles. The van der Waals surface area contributed by atoms with Gasteiger partial charge in [0, 0.05) is 63.8 Å². The summed E-state index contributed by atoms with van der Waals surface area (Å²) in [5.41, 5.74) is 2.27. The van der Waals surface area contributed by atoms with Crippen molar-refractivity contribution in [1.82, 2.24) is 19.6 Å². The predicted octanol–water partition coefficient (Wildman–Crippen LogP) is 1.34. The van der Waals surface area contributed by atoms with Crippen LogP contribution in [0.3, 0.4) is 0 Å². The van der Waals surface area contributed by atoms with E-state index < -0.39 is 0 Å². The van der Waals surface area contributed by atoms with Crippen molar-refractivity contribution in [2.45, 2.75) is 19.0 Å². The van der Waals surface area contributed by atoms with Crippen LogP contribution in [0.1, 0.15) is 12.0 Å². The fraction of sp³-hybridized carbons (Fsp3) is 0.474. The van der Waals surface area contributed by atoms with Gasteiger partial charge in [0.15, 0.2) is 0 Å². The third-order valence-electron chi connectivity index (χ3n) is 5.26. The molecule has 2 saturated heterocycles. The minimum Gasteiger partial charge on any atom is -0.311 e. The standard InChI is InChI=1S/C19H25N5O/c1-21-14-16(13-20-21)15-22-9-11-23(12-10-22)18-7-8-24(19(18)25)17-5-3-2-4-6-17/h2-6,13-14,18H,7-12,15H2,1H3. The monoisotopic (exact) mass is 339 g/mol. The highest BCUT2D eigenvalue weighted by Crippen LogP contribution is 2.25. The molecular weight excluding hydrogens is 314 g/mol. The number of amides is 1. The SMILES string of the molecule is Cn1cc(CN2CCN(C3CCN(c4ccccc4)C3=O)CC2)cn1. The van der Waals surface area contributed by atoms with Crippen molar-refractivity contribution in [3.8, 4) is 0 Å². The van der Waals surface area contributed by atoms with E-state index >= 15 is 0 Å². The van der Waals surface area contributed by atoms with Gasteiger partial charge in [-0.2, -0.15) is 5.10 Å². The Hall–Kier alpha value is -2.18. The van der Waals surface area contributed by atoms with Crippen molar-refractivity contribution in [2.24, 2.45) is 7.05 Å². The van der Waals surface area contributed by atoms with E-state index in [2.05, 4.69) is 21.1 Å². The zero-order valence-corrected chi connectivity index (χ0v) is 14.7. The number of para-hydroxylation sites is 1. The van der Waals surface area contributed by atoms with Gasteiger partial charge >= 0.3 is 0 Å². The van der Waals surface area contributed by atoms with Crippen LogP contribution in [0, 0.1) is 0 Å². The van der Waals surface area contributed by atoms with Gasteiger partial charge in [-0.05, 0) is 18.6 Å². The summed E-state index contributed by atoms with van der Waals surface area (Å²) in [5.74, 6) is 0.256. The van der Waals surface area contributed by atoms with Gasteiger partial charge in [-0.3, -0.25) is 19.3 Å². The summed E-state index contributed by atoms with van der Waals surface area (Å²) >= 11 is 0. The fourth-order valence-electron chi connectivity index (χ4n) is 3.91. The molecule has 6 heteroatoms. The molecule has 1 atom stereocenters. The second-order valence-electron chi connectivity index (χ2n) is 6.96. The molecule has 0 spiro atoms. The van der Waals surface area contributed by atoms with Crippen LogP contribution in [0.25, 0.3) is 0 Å². The van der Waals surface area contributed by atoms with Crippen molar-refractivity contribution in [3.05, 3.63) is 48.3 Å². The Bertz CT molecular complexity index is 720. The highest BCUT2D eigenvalue weighted by molar-refractivity contribution is 5.99. The zero-order chi connectivity index (χ0) is 17.2. The highest BCUT2D eigenvalue weighted by atomic mass is 16.2. The first-order chi connectivity index (χ1) is 12.2. The molecule has 1 unspecified atom stereocenters. The number of carbonyl (C=O) groups is 1. The molecule has 0 radical (unpaired) electrons. The number of piperazine rings is 1. The molecule has 1 amide bonds. The lowest BCUT2D eigenvalue weighted by Crippen LogP contribution is -2.52. The highest BCUT2D eigenvalue weighted by Gasteiger charge is 2.37. The van der Waals surface area contributed by atoms with Gasteiger partial charge < -0.3 is 4.90 Å².